The lowest BCUT2D eigenvalue weighted by Gasteiger charge is -2.21. The number of aliphatic hydroxyl groups excluding tert-OH is 1. The lowest BCUT2D eigenvalue weighted by Crippen LogP contribution is -2.30. The maximum atomic E-state index is 12.9. The summed E-state index contributed by atoms with van der Waals surface area (Å²) in [5, 5.41) is 9.78. The summed E-state index contributed by atoms with van der Waals surface area (Å²) < 4.78 is 39.3. The Hall–Kier alpha value is -4.64. The van der Waals surface area contributed by atoms with Gasteiger partial charge in [0.1, 0.15) is 12.7 Å². The zero-order valence-corrected chi connectivity index (χ0v) is 46.6. The smallest absolute Gasteiger partial charge is 0.462 e. The van der Waals surface area contributed by atoms with Crippen LogP contribution in [0, 0.1) is 0 Å². The molecule has 2 N–H and O–H groups in total. The number of hydrogen-bond acceptors (Lipinski definition) is 10. The minimum Gasteiger partial charge on any atom is -0.462 e. The Bertz CT molecular complexity index is 1800. The number of phosphoric acid groups is 1. The summed E-state index contributed by atoms with van der Waals surface area (Å²) in [7, 11) is -4.79. The fourth-order valence-corrected chi connectivity index (χ4v) is 7.45. The first kappa shape index (κ1) is 69.4. The highest BCUT2D eigenvalue weighted by molar-refractivity contribution is 7.47. The second-order valence-electron chi connectivity index (χ2n) is 17.6. The second-order valence-corrected chi connectivity index (χ2v) is 19.1. The van der Waals surface area contributed by atoms with Gasteiger partial charge in [-0.05, 0) is 116 Å². The van der Waals surface area contributed by atoms with Crippen molar-refractivity contribution in [1.29, 1.82) is 0 Å². The highest BCUT2D eigenvalue weighted by Gasteiger charge is 2.28. The van der Waals surface area contributed by atoms with Crippen molar-refractivity contribution in [3.63, 3.8) is 0 Å². The van der Waals surface area contributed by atoms with Gasteiger partial charge in [0.2, 0.25) is 0 Å². The van der Waals surface area contributed by atoms with E-state index in [0.29, 0.717) is 19.3 Å². The summed E-state index contributed by atoms with van der Waals surface area (Å²) in [6.07, 6.45) is 69.8. The number of phosphoric ester groups is 1. The van der Waals surface area contributed by atoms with E-state index < -0.39 is 57.8 Å². The van der Waals surface area contributed by atoms with Crippen LogP contribution in [0.3, 0.4) is 0 Å². The van der Waals surface area contributed by atoms with Gasteiger partial charge >= 0.3 is 25.7 Å². The lowest BCUT2D eigenvalue weighted by molar-refractivity contribution is -0.161. The summed E-state index contributed by atoms with van der Waals surface area (Å²) in [6.45, 7) is 4.10. The van der Waals surface area contributed by atoms with Crippen LogP contribution in [0.2, 0.25) is 0 Å². The Morgan fingerprint density at radius 3 is 1.15 bits per heavy atom. The van der Waals surface area contributed by atoms with Crippen molar-refractivity contribution in [2.45, 2.75) is 200 Å². The van der Waals surface area contributed by atoms with E-state index in [2.05, 4.69) is 142 Å². The molecular weight excluding hydrogens is 952 g/mol. The predicted molar refractivity (Wildman–Crippen MR) is 306 cm³/mol. The third-order valence-corrected chi connectivity index (χ3v) is 11.7. The van der Waals surface area contributed by atoms with E-state index in [9.17, 15) is 28.9 Å². The Morgan fingerprint density at radius 2 is 0.716 bits per heavy atom. The molecule has 12 heteroatoms. The van der Waals surface area contributed by atoms with Gasteiger partial charge in [0, 0.05) is 12.8 Å². The molecule has 0 amide bonds. The molecule has 416 valence electrons. The standard InChI is InChI=1S/C62H97O11P/c1-4-7-10-13-16-19-22-25-28-29-32-35-38-41-44-47-50-53-62(66)73-59(55-69-60(64)51-48-45-42-39-36-33-30-26-23-20-17-14-11-8-5-2)57-71-74(67,68)70-56-58(54-63)72-61(65)52-49-46-43-40-37-34-31-27-24-21-18-15-12-9-6-3/h7-12,16-21,25-28,30-31,36-37,39-40,46,49,58-59,63H,4-6,13-15,22-24,29,32-35,38,41-45,47-48,50-57H2,1-3H3,(H,67,68)/b10-7-,11-8-,12-9-,19-16-,20-17-,21-18-,28-25-,30-26-,31-27-,39-36-,40-37-,49-46-. The Morgan fingerprint density at radius 1 is 0.392 bits per heavy atom. The molecule has 0 aromatic carbocycles. The van der Waals surface area contributed by atoms with Crippen molar-refractivity contribution in [2.75, 3.05) is 26.4 Å². The number of ether oxygens (including phenoxy) is 3. The number of carbonyl (C=O) groups excluding carboxylic acids is 3. The zero-order valence-electron chi connectivity index (χ0n) is 45.7. The van der Waals surface area contributed by atoms with E-state index >= 15 is 0 Å². The first-order valence-corrected chi connectivity index (χ1v) is 29.2. The van der Waals surface area contributed by atoms with Gasteiger partial charge in [-0.3, -0.25) is 23.4 Å². The van der Waals surface area contributed by atoms with Gasteiger partial charge in [-0.25, -0.2) is 4.57 Å². The monoisotopic (exact) mass is 1050 g/mol. The van der Waals surface area contributed by atoms with Crippen LogP contribution in [-0.2, 0) is 42.2 Å². The molecule has 74 heavy (non-hydrogen) atoms. The zero-order chi connectivity index (χ0) is 54.1. The Balaban J connectivity index is 4.91. The number of carbonyl (C=O) groups is 3. The molecule has 0 fully saturated rings. The molecule has 0 aromatic rings. The Kier molecular flexibility index (Phi) is 51.2. The van der Waals surface area contributed by atoms with Crippen molar-refractivity contribution in [1.82, 2.24) is 0 Å². The first-order chi connectivity index (χ1) is 36.2. The average molecular weight is 1050 g/mol. The molecule has 0 aliphatic heterocycles. The van der Waals surface area contributed by atoms with Crippen molar-refractivity contribution in [3.8, 4) is 0 Å². The van der Waals surface area contributed by atoms with E-state index in [1.165, 1.54) is 0 Å². The van der Waals surface area contributed by atoms with Gasteiger partial charge in [0.25, 0.3) is 0 Å². The second kappa shape index (κ2) is 54.6. The SMILES string of the molecule is CC/C=C\C/C=C\C/C=C\C/C=C\C/C=C\CC(=O)OC(CO)COP(=O)(O)OCC(COC(=O)CCCC/C=C\C/C=C\C/C=C\C/C=C\CC)OC(=O)CCCCCCCCC/C=C\C/C=C\C/C=C\CC. The normalized spacial score (nSPS) is 14.5. The summed E-state index contributed by atoms with van der Waals surface area (Å²) in [6, 6.07) is 0. The third-order valence-electron chi connectivity index (χ3n) is 10.8. The molecule has 0 aliphatic carbocycles. The quantitative estimate of drug-likeness (QED) is 0.0197. The maximum absolute atomic E-state index is 12.9. The van der Waals surface area contributed by atoms with E-state index in [4.69, 9.17) is 23.3 Å². The fourth-order valence-electron chi connectivity index (χ4n) is 6.67. The van der Waals surface area contributed by atoms with Crippen LogP contribution in [0.15, 0.2) is 146 Å². The molecule has 0 saturated carbocycles. The van der Waals surface area contributed by atoms with E-state index in [0.717, 1.165) is 128 Å². The minimum absolute atomic E-state index is 0.0664. The fraction of sp³-hybridized carbons (Fsp3) is 0.565. The molecule has 11 nitrogen and oxygen atoms in total. The maximum Gasteiger partial charge on any atom is 0.472 e. The van der Waals surface area contributed by atoms with Gasteiger partial charge < -0.3 is 24.2 Å². The molecule has 3 unspecified atom stereocenters. The summed E-state index contributed by atoms with van der Waals surface area (Å²) in [5.41, 5.74) is 0. The summed E-state index contributed by atoms with van der Waals surface area (Å²) in [4.78, 5) is 48.4. The van der Waals surface area contributed by atoms with Crippen LogP contribution in [0.1, 0.15) is 188 Å². The van der Waals surface area contributed by atoms with Gasteiger partial charge in [-0.2, -0.15) is 0 Å². The highest BCUT2D eigenvalue weighted by Crippen LogP contribution is 2.43. The number of allylic oxidation sites excluding steroid dienone is 23. The molecule has 3 atom stereocenters. The molecule has 0 aliphatic rings. The molecule has 0 saturated heterocycles. The van der Waals surface area contributed by atoms with Gasteiger partial charge in [-0.1, -0.05) is 199 Å². The predicted octanol–water partition coefficient (Wildman–Crippen LogP) is 16.4. The molecule has 0 aromatic heterocycles. The number of unbranched alkanes of at least 4 members (excludes halogenated alkanes) is 9. The lowest BCUT2D eigenvalue weighted by atomic mass is 10.1. The van der Waals surface area contributed by atoms with Crippen molar-refractivity contribution >= 4 is 25.7 Å². The highest BCUT2D eigenvalue weighted by atomic mass is 31.2. The minimum atomic E-state index is -4.79. The number of rotatable bonds is 49. The van der Waals surface area contributed by atoms with E-state index in [-0.39, 0.29) is 25.9 Å². The topological polar surface area (TPSA) is 155 Å². The van der Waals surface area contributed by atoms with E-state index in [1.807, 2.05) is 18.2 Å². The van der Waals surface area contributed by atoms with Gasteiger partial charge in [0.15, 0.2) is 6.10 Å². The van der Waals surface area contributed by atoms with Crippen LogP contribution in [0.25, 0.3) is 0 Å². The van der Waals surface area contributed by atoms with Crippen molar-refractivity contribution in [2.24, 2.45) is 0 Å². The molecule has 0 bridgehead atoms. The van der Waals surface area contributed by atoms with Crippen molar-refractivity contribution < 1.29 is 52.2 Å². The van der Waals surface area contributed by atoms with Gasteiger partial charge in [0.05, 0.1) is 26.2 Å². The number of esters is 3. The summed E-state index contributed by atoms with van der Waals surface area (Å²) in [5.74, 6) is -1.68. The molecule has 0 heterocycles. The van der Waals surface area contributed by atoms with Crippen LogP contribution in [0.4, 0.5) is 0 Å². The number of hydrogen-bond donors (Lipinski definition) is 2. The summed E-state index contributed by atoms with van der Waals surface area (Å²) >= 11 is 0. The Labute approximate surface area is 448 Å². The van der Waals surface area contributed by atoms with Crippen LogP contribution in [-0.4, -0.2) is 66.5 Å². The molecule has 0 spiro atoms. The molecular formula is C62H97O11P. The van der Waals surface area contributed by atoms with Crippen molar-refractivity contribution in [3.05, 3.63) is 146 Å². The van der Waals surface area contributed by atoms with Gasteiger partial charge in [-0.15, -0.1) is 0 Å². The van der Waals surface area contributed by atoms with E-state index in [1.54, 1.807) is 6.08 Å². The van der Waals surface area contributed by atoms with Crippen LogP contribution < -0.4 is 0 Å². The first-order valence-electron chi connectivity index (χ1n) is 27.7. The average Bonchev–Trinajstić information content (AvgIpc) is 3.39. The van der Waals surface area contributed by atoms with Crippen LogP contribution in [0.5, 0.6) is 0 Å². The largest absolute Gasteiger partial charge is 0.472 e. The number of aliphatic hydroxyl groups is 1. The molecule has 0 rings (SSSR count). The third kappa shape index (κ3) is 52.2. The molecule has 0 radical (unpaired) electrons. The van der Waals surface area contributed by atoms with Crippen LogP contribution >= 0.6 is 7.82 Å².